The quantitative estimate of drug-likeness (QED) is 0.776. The first kappa shape index (κ1) is 12.5. The van der Waals surface area contributed by atoms with Crippen molar-refractivity contribution in [1.82, 2.24) is 0 Å². The number of carbonyl (C=O) groups is 1. The molecule has 0 aliphatic carbocycles. The zero-order valence-electron chi connectivity index (χ0n) is 9.62. The maximum atomic E-state index is 13.2. The van der Waals surface area contributed by atoms with Crippen LogP contribution in [0.1, 0.15) is 26.3 Å². The summed E-state index contributed by atoms with van der Waals surface area (Å²) in [6.45, 7) is 5.11. The minimum Gasteiger partial charge on any atom is -0.481 e. The van der Waals surface area contributed by atoms with E-state index < -0.39 is 17.2 Å². The number of carboxylic acid groups (broad SMARTS) is 1. The molecule has 88 valence electrons. The van der Waals surface area contributed by atoms with Crippen molar-refractivity contribution in [1.29, 1.82) is 0 Å². The van der Waals surface area contributed by atoms with E-state index in [1.54, 1.807) is 20.8 Å². The Kier molecular flexibility index (Phi) is 3.21. The van der Waals surface area contributed by atoms with Crippen LogP contribution < -0.4 is 5.73 Å². The maximum Gasteiger partial charge on any atom is 0.314 e. The van der Waals surface area contributed by atoms with E-state index in [0.717, 1.165) is 0 Å². The van der Waals surface area contributed by atoms with Crippen LogP contribution in [0.15, 0.2) is 18.2 Å². The van der Waals surface area contributed by atoms with Crippen LogP contribution in [0, 0.1) is 11.7 Å². The van der Waals surface area contributed by atoms with Crippen molar-refractivity contribution in [3.63, 3.8) is 0 Å². The Morgan fingerprint density at radius 1 is 1.50 bits per heavy atom. The monoisotopic (exact) mass is 225 g/mol. The third-order valence-corrected chi connectivity index (χ3v) is 3.17. The third kappa shape index (κ3) is 1.87. The molecule has 0 saturated carbocycles. The summed E-state index contributed by atoms with van der Waals surface area (Å²) in [5.41, 5.74) is 5.18. The Bertz CT molecular complexity index is 417. The molecule has 0 aliphatic rings. The predicted molar refractivity (Wildman–Crippen MR) is 60.6 cm³/mol. The fourth-order valence-corrected chi connectivity index (χ4v) is 1.65. The molecule has 0 heterocycles. The summed E-state index contributed by atoms with van der Waals surface area (Å²) in [6.07, 6.45) is 0. The minimum atomic E-state index is -1.17. The summed E-state index contributed by atoms with van der Waals surface area (Å²) in [6, 6.07) is 3.82. The molecule has 3 N–H and O–H groups in total. The van der Waals surface area contributed by atoms with Gasteiger partial charge in [-0.05, 0) is 36.6 Å². The van der Waals surface area contributed by atoms with Crippen molar-refractivity contribution in [3.05, 3.63) is 29.6 Å². The van der Waals surface area contributed by atoms with Crippen molar-refractivity contribution >= 4 is 11.7 Å². The Labute approximate surface area is 94.1 Å². The number of benzene rings is 1. The second-order valence-corrected chi connectivity index (χ2v) is 4.39. The smallest absolute Gasteiger partial charge is 0.314 e. The number of carboxylic acids is 1. The van der Waals surface area contributed by atoms with Crippen molar-refractivity contribution in [2.24, 2.45) is 5.92 Å². The lowest BCUT2D eigenvalue weighted by atomic mass is 9.73. The molecule has 0 radical (unpaired) electrons. The fourth-order valence-electron chi connectivity index (χ4n) is 1.65. The van der Waals surface area contributed by atoms with E-state index in [1.807, 2.05) is 0 Å². The summed E-state index contributed by atoms with van der Waals surface area (Å²) in [7, 11) is 0. The summed E-state index contributed by atoms with van der Waals surface area (Å²) < 4.78 is 13.2. The van der Waals surface area contributed by atoms with E-state index in [0.29, 0.717) is 11.3 Å². The van der Waals surface area contributed by atoms with Crippen molar-refractivity contribution in [2.75, 3.05) is 5.73 Å². The summed E-state index contributed by atoms with van der Waals surface area (Å²) in [5, 5.41) is 9.29. The summed E-state index contributed by atoms with van der Waals surface area (Å²) in [4.78, 5) is 11.3. The van der Waals surface area contributed by atoms with Crippen LogP contribution in [-0.4, -0.2) is 11.1 Å². The van der Waals surface area contributed by atoms with Gasteiger partial charge >= 0.3 is 5.97 Å². The SMILES string of the molecule is CC(C)C(C)(C(=O)O)c1cc(F)ccc1N. The second kappa shape index (κ2) is 4.12. The van der Waals surface area contributed by atoms with E-state index in [-0.39, 0.29) is 5.92 Å². The van der Waals surface area contributed by atoms with Crippen LogP contribution in [-0.2, 0) is 10.2 Å². The molecule has 0 aliphatic heterocycles. The number of halogens is 1. The lowest BCUT2D eigenvalue weighted by molar-refractivity contribution is -0.144. The highest BCUT2D eigenvalue weighted by Crippen LogP contribution is 2.36. The molecule has 1 aromatic carbocycles. The molecule has 4 heteroatoms. The van der Waals surface area contributed by atoms with E-state index in [1.165, 1.54) is 18.2 Å². The number of hydrogen-bond acceptors (Lipinski definition) is 2. The third-order valence-electron chi connectivity index (χ3n) is 3.17. The van der Waals surface area contributed by atoms with Gasteiger partial charge in [0.15, 0.2) is 0 Å². The van der Waals surface area contributed by atoms with Crippen LogP contribution in [0.25, 0.3) is 0 Å². The Hall–Kier alpha value is -1.58. The number of anilines is 1. The largest absolute Gasteiger partial charge is 0.481 e. The van der Waals surface area contributed by atoms with Gasteiger partial charge in [0.05, 0.1) is 5.41 Å². The molecular weight excluding hydrogens is 209 g/mol. The van der Waals surface area contributed by atoms with E-state index in [4.69, 9.17) is 5.73 Å². The summed E-state index contributed by atoms with van der Waals surface area (Å²) >= 11 is 0. The maximum absolute atomic E-state index is 13.2. The molecule has 0 aromatic heterocycles. The lowest BCUT2D eigenvalue weighted by Gasteiger charge is -2.30. The van der Waals surface area contributed by atoms with Gasteiger partial charge < -0.3 is 10.8 Å². The van der Waals surface area contributed by atoms with Gasteiger partial charge in [0.2, 0.25) is 0 Å². The van der Waals surface area contributed by atoms with Crippen LogP contribution in [0.5, 0.6) is 0 Å². The molecular formula is C12H16FNO2. The molecule has 0 saturated heterocycles. The van der Waals surface area contributed by atoms with Crippen molar-refractivity contribution < 1.29 is 14.3 Å². The van der Waals surface area contributed by atoms with E-state index in [9.17, 15) is 14.3 Å². The van der Waals surface area contributed by atoms with Crippen molar-refractivity contribution in [3.8, 4) is 0 Å². The number of nitrogen functional groups attached to an aromatic ring is 1. The summed E-state index contributed by atoms with van der Waals surface area (Å²) in [5.74, 6) is -1.66. The van der Waals surface area contributed by atoms with Gasteiger partial charge in [-0.3, -0.25) is 4.79 Å². The highest BCUT2D eigenvalue weighted by atomic mass is 19.1. The highest BCUT2D eigenvalue weighted by molar-refractivity contribution is 5.83. The second-order valence-electron chi connectivity index (χ2n) is 4.39. The van der Waals surface area contributed by atoms with Gasteiger partial charge in [-0.25, -0.2) is 4.39 Å². The van der Waals surface area contributed by atoms with Gasteiger partial charge in [-0.2, -0.15) is 0 Å². The first-order chi connectivity index (χ1) is 7.30. The molecule has 16 heavy (non-hydrogen) atoms. The molecule has 1 aromatic rings. The molecule has 1 unspecified atom stereocenters. The number of hydrogen-bond donors (Lipinski definition) is 2. The lowest BCUT2D eigenvalue weighted by Crippen LogP contribution is -2.38. The van der Waals surface area contributed by atoms with E-state index in [2.05, 4.69) is 0 Å². The first-order valence-electron chi connectivity index (χ1n) is 5.09. The molecule has 3 nitrogen and oxygen atoms in total. The normalized spacial score (nSPS) is 14.8. The number of nitrogens with two attached hydrogens (primary N) is 1. The predicted octanol–water partition coefficient (Wildman–Crippen LogP) is 2.41. The first-order valence-corrected chi connectivity index (χ1v) is 5.09. The average Bonchev–Trinajstić information content (AvgIpc) is 2.19. The van der Waals surface area contributed by atoms with Gasteiger partial charge in [0.1, 0.15) is 5.82 Å². The van der Waals surface area contributed by atoms with Gasteiger partial charge in [-0.1, -0.05) is 13.8 Å². The molecule has 0 spiro atoms. The minimum absolute atomic E-state index is 0.186. The number of rotatable bonds is 3. The zero-order chi connectivity index (χ0) is 12.5. The molecule has 0 fully saturated rings. The Morgan fingerprint density at radius 3 is 2.50 bits per heavy atom. The van der Waals surface area contributed by atoms with Gasteiger partial charge in [-0.15, -0.1) is 0 Å². The molecule has 0 amide bonds. The fraction of sp³-hybridized carbons (Fsp3) is 0.417. The topological polar surface area (TPSA) is 63.3 Å². The zero-order valence-corrected chi connectivity index (χ0v) is 9.62. The van der Waals surface area contributed by atoms with E-state index >= 15 is 0 Å². The molecule has 0 bridgehead atoms. The average molecular weight is 225 g/mol. The highest BCUT2D eigenvalue weighted by Gasteiger charge is 2.40. The molecule has 1 rings (SSSR count). The van der Waals surface area contributed by atoms with Crippen molar-refractivity contribution in [2.45, 2.75) is 26.2 Å². The molecule has 1 atom stereocenters. The standard InChI is InChI=1S/C12H16FNO2/c1-7(2)12(3,11(15)16)9-6-8(13)4-5-10(9)14/h4-7H,14H2,1-3H3,(H,15,16). The van der Waals surface area contributed by atoms with Crippen LogP contribution in [0.3, 0.4) is 0 Å². The van der Waals surface area contributed by atoms with Gasteiger partial charge in [0.25, 0.3) is 0 Å². The van der Waals surface area contributed by atoms with Crippen LogP contribution in [0.4, 0.5) is 10.1 Å². The van der Waals surface area contributed by atoms with Gasteiger partial charge in [0, 0.05) is 5.69 Å². The number of aliphatic carboxylic acids is 1. The Balaban J connectivity index is 3.43. The van der Waals surface area contributed by atoms with Crippen LogP contribution in [0.2, 0.25) is 0 Å². The Morgan fingerprint density at radius 2 is 2.06 bits per heavy atom. The van der Waals surface area contributed by atoms with Crippen LogP contribution >= 0.6 is 0 Å².